The number of nitrogens with two attached hydrogens (primary N) is 1. The molecule has 0 aliphatic heterocycles. The Bertz CT molecular complexity index is 278. The summed E-state index contributed by atoms with van der Waals surface area (Å²) in [5.41, 5.74) is 5.50. The smallest absolute Gasteiger partial charge is 0.330 e. The van der Waals surface area contributed by atoms with Gasteiger partial charge < -0.3 is 5.73 Å². The molecule has 0 fully saturated rings. The van der Waals surface area contributed by atoms with Gasteiger partial charge in [-0.15, -0.1) is 0 Å². The highest BCUT2D eigenvalue weighted by atomic mass is 16.5. The molecule has 1 atom stereocenters. The van der Waals surface area contributed by atoms with Crippen LogP contribution in [0.4, 0.5) is 0 Å². The molecule has 1 rings (SSSR count). The van der Waals surface area contributed by atoms with Crippen LogP contribution in [-0.2, 0) is 0 Å². The van der Waals surface area contributed by atoms with Gasteiger partial charge in [0.15, 0.2) is 5.82 Å². The van der Waals surface area contributed by atoms with Crippen molar-refractivity contribution in [2.45, 2.75) is 25.7 Å². The standard InChI is InChI=1S/C7H13N3O2/c1-2-3-5(4-8)6-9-7(11)12-10-6/h5H,2-4,8H2,1H3,(H,9,10,11). The molecule has 12 heavy (non-hydrogen) atoms. The molecule has 0 spiro atoms. The monoisotopic (exact) mass is 171 g/mol. The zero-order chi connectivity index (χ0) is 8.97. The van der Waals surface area contributed by atoms with Crippen LogP contribution in [0.3, 0.4) is 0 Å². The van der Waals surface area contributed by atoms with Crippen LogP contribution in [0.15, 0.2) is 9.32 Å². The molecule has 1 aromatic rings. The average Bonchev–Trinajstić information content (AvgIpc) is 2.47. The molecular weight excluding hydrogens is 158 g/mol. The van der Waals surface area contributed by atoms with Crippen molar-refractivity contribution in [2.24, 2.45) is 5.73 Å². The minimum Gasteiger partial charge on any atom is -0.330 e. The third kappa shape index (κ3) is 1.94. The van der Waals surface area contributed by atoms with Crippen LogP contribution in [0, 0.1) is 0 Å². The molecule has 3 N–H and O–H groups in total. The lowest BCUT2D eigenvalue weighted by atomic mass is 10.0. The first-order valence-electron chi connectivity index (χ1n) is 4.03. The van der Waals surface area contributed by atoms with Gasteiger partial charge in [0.2, 0.25) is 0 Å². The quantitative estimate of drug-likeness (QED) is 0.678. The second-order valence-corrected chi connectivity index (χ2v) is 2.70. The molecule has 0 bridgehead atoms. The van der Waals surface area contributed by atoms with Gasteiger partial charge in [-0.1, -0.05) is 18.5 Å². The molecule has 0 saturated heterocycles. The lowest BCUT2D eigenvalue weighted by Gasteiger charge is -2.07. The van der Waals surface area contributed by atoms with Gasteiger partial charge in [0.25, 0.3) is 0 Å². The van der Waals surface area contributed by atoms with Crippen LogP contribution in [0.25, 0.3) is 0 Å². The Morgan fingerprint density at radius 3 is 2.92 bits per heavy atom. The van der Waals surface area contributed by atoms with E-state index in [4.69, 9.17) is 5.73 Å². The van der Waals surface area contributed by atoms with Gasteiger partial charge >= 0.3 is 5.76 Å². The van der Waals surface area contributed by atoms with Gasteiger partial charge in [0.1, 0.15) is 0 Å². The molecule has 5 nitrogen and oxygen atoms in total. The fraction of sp³-hybridized carbons (Fsp3) is 0.714. The van der Waals surface area contributed by atoms with Gasteiger partial charge in [0.05, 0.1) is 0 Å². The van der Waals surface area contributed by atoms with Crippen LogP contribution in [0.1, 0.15) is 31.5 Å². The highest BCUT2D eigenvalue weighted by molar-refractivity contribution is 4.91. The fourth-order valence-electron chi connectivity index (χ4n) is 1.13. The Balaban J connectivity index is 2.72. The topological polar surface area (TPSA) is 84.9 Å². The maximum atomic E-state index is 10.6. The summed E-state index contributed by atoms with van der Waals surface area (Å²) in [5, 5.41) is 3.58. The molecule has 1 aromatic heterocycles. The van der Waals surface area contributed by atoms with Crippen molar-refractivity contribution in [3.05, 3.63) is 16.4 Å². The molecule has 1 unspecified atom stereocenters. The summed E-state index contributed by atoms with van der Waals surface area (Å²) in [4.78, 5) is 13.1. The maximum absolute atomic E-state index is 10.6. The second kappa shape index (κ2) is 4.06. The fourth-order valence-corrected chi connectivity index (χ4v) is 1.13. The number of rotatable bonds is 4. The van der Waals surface area contributed by atoms with Crippen molar-refractivity contribution in [3.63, 3.8) is 0 Å². The van der Waals surface area contributed by atoms with E-state index < -0.39 is 5.76 Å². The van der Waals surface area contributed by atoms with Crippen molar-refractivity contribution >= 4 is 0 Å². The number of nitrogens with one attached hydrogen (secondary N) is 1. The lowest BCUT2D eigenvalue weighted by Crippen LogP contribution is -2.14. The van der Waals surface area contributed by atoms with E-state index in [1.807, 2.05) is 0 Å². The molecular formula is C7H13N3O2. The van der Waals surface area contributed by atoms with E-state index in [2.05, 4.69) is 21.6 Å². The zero-order valence-electron chi connectivity index (χ0n) is 7.04. The van der Waals surface area contributed by atoms with E-state index >= 15 is 0 Å². The second-order valence-electron chi connectivity index (χ2n) is 2.70. The van der Waals surface area contributed by atoms with Gasteiger partial charge in [-0.05, 0) is 6.42 Å². The summed E-state index contributed by atoms with van der Waals surface area (Å²) in [7, 11) is 0. The molecule has 0 saturated carbocycles. The Hall–Kier alpha value is -1.10. The van der Waals surface area contributed by atoms with Crippen LogP contribution in [-0.4, -0.2) is 16.7 Å². The number of H-pyrrole nitrogens is 1. The van der Waals surface area contributed by atoms with Gasteiger partial charge in [-0.2, -0.15) is 0 Å². The zero-order valence-corrected chi connectivity index (χ0v) is 7.04. The van der Waals surface area contributed by atoms with Gasteiger partial charge in [0, 0.05) is 12.5 Å². The number of hydrogen-bond acceptors (Lipinski definition) is 4. The first-order chi connectivity index (χ1) is 5.77. The van der Waals surface area contributed by atoms with E-state index in [1.54, 1.807) is 0 Å². The summed E-state index contributed by atoms with van der Waals surface area (Å²) < 4.78 is 4.38. The predicted molar refractivity (Wildman–Crippen MR) is 43.8 cm³/mol. The first-order valence-corrected chi connectivity index (χ1v) is 4.03. The predicted octanol–water partition coefficient (Wildman–Crippen LogP) is 0.205. The molecule has 0 aromatic carbocycles. The summed E-state index contributed by atoms with van der Waals surface area (Å²) >= 11 is 0. The summed E-state index contributed by atoms with van der Waals surface area (Å²) in [6, 6.07) is 0. The van der Waals surface area contributed by atoms with Crippen LogP contribution >= 0.6 is 0 Å². The number of nitrogens with zero attached hydrogens (tertiary/aromatic N) is 1. The van der Waals surface area contributed by atoms with Crippen molar-refractivity contribution in [3.8, 4) is 0 Å². The lowest BCUT2D eigenvalue weighted by molar-refractivity contribution is 0.375. The molecule has 5 heteroatoms. The SMILES string of the molecule is CCCC(CN)c1noc(=O)[nH]1. The van der Waals surface area contributed by atoms with Crippen molar-refractivity contribution in [1.82, 2.24) is 10.1 Å². The van der Waals surface area contributed by atoms with Gasteiger partial charge in [-0.25, -0.2) is 4.79 Å². The van der Waals surface area contributed by atoms with Crippen LogP contribution < -0.4 is 11.5 Å². The summed E-state index contributed by atoms with van der Waals surface area (Å²) in [5.74, 6) is 0.158. The number of aromatic nitrogens is 2. The third-order valence-electron chi connectivity index (χ3n) is 1.77. The summed E-state index contributed by atoms with van der Waals surface area (Å²) in [6.45, 7) is 2.54. The van der Waals surface area contributed by atoms with Crippen LogP contribution in [0.2, 0.25) is 0 Å². The van der Waals surface area contributed by atoms with Crippen LogP contribution in [0.5, 0.6) is 0 Å². The molecule has 0 amide bonds. The summed E-state index contributed by atoms with van der Waals surface area (Å²) in [6.07, 6.45) is 1.93. The van der Waals surface area contributed by atoms with E-state index in [0.717, 1.165) is 12.8 Å². The minimum atomic E-state index is -0.514. The van der Waals surface area contributed by atoms with E-state index in [9.17, 15) is 4.79 Å². The Labute approximate surface area is 69.9 Å². The van der Waals surface area contributed by atoms with Gasteiger partial charge in [-0.3, -0.25) is 9.51 Å². The average molecular weight is 171 g/mol. The number of aromatic amines is 1. The molecule has 0 radical (unpaired) electrons. The highest BCUT2D eigenvalue weighted by Crippen LogP contribution is 2.14. The number of hydrogen-bond donors (Lipinski definition) is 2. The first kappa shape index (κ1) is 8.99. The van der Waals surface area contributed by atoms with Crippen molar-refractivity contribution in [2.75, 3.05) is 6.54 Å². The largest absolute Gasteiger partial charge is 0.438 e. The van der Waals surface area contributed by atoms with Crippen molar-refractivity contribution < 1.29 is 4.52 Å². The molecule has 0 aliphatic rings. The molecule has 68 valence electrons. The molecule has 0 aliphatic carbocycles. The van der Waals surface area contributed by atoms with E-state index in [-0.39, 0.29) is 5.92 Å². The minimum absolute atomic E-state index is 0.112. The Morgan fingerprint density at radius 2 is 2.50 bits per heavy atom. The molecule has 1 heterocycles. The van der Waals surface area contributed by atoms with Crippen molar-refractivity contribution in [1.29, 1.82) is 0 Å². The third-order valence-corrected chi connectivity index (χ3v) is 1.77. The Kier molecular flexibility index (Phi) is 3.04. The van der Waals surface area contributed by atoms with E-state index in [1.165, 1.54) is 0 Å². The normalized spacial score (nSPS) is 13.2. The Morgan fingerprint density at radius 1 is 1.75 bits per heavy atom. The van der Waals surface area contributed by atoms with E-state index in [0.29, 0.717) is 12.4 Å². The maximum Gasteiger partial charge on any atom is 0.438 e. The highest BCUT2D eigenvalue weighted by Gasteiger charge is 2.12.